The van der Waals surface area contributed by atoms with E-state index in [0.29, 0.717) is 5.92 Å². The maximum atomic E-state index is 6.19. The van der Waals surface area contributed by atoms with Gasteiger partial charge in [-0.2, -0.15) is 0 Å². The van der Waals surface area contributed by atoms with Gasteiger partial charge in [-0.3, -0.25) is 11.3 Å². The fourth-order valence-electron chi connectivity index (χ4n) is 2.37. The molecule has 2 rings (SSSR count). The number of hydrazine groups is 1. The standard InChI is InChI=1S/C14H21ClN2O/c1-2-18-14(10-7-8-10)13(17-16)9-11-5-3-4-6-12(11)15/h3-6,10,13-14,17H,2,7-9,16H2,1H3. The quantitative estimate of drug-likeness (QED) is 0.590. The number of hydrogen-bond donors (Lipinski definition) is 2. The van der Waals surface area contributed by atoms with Crippen molar-refractivity contribution in [3.63, 3.8) is 0 Å². The lowest BCUT2D eigenvalue weighted by atomic mass is 9.98. The Balaban J connectivity index is 2.05. The molecule has 0 spiro atoms. The summed E-state index contributed by atoms with van der Waals surface area (Å²) in [4.78, 5) is 0. The fourth-order valence-corrected chi connectivity index (χ4v) is 2.58. The van der Waals surface area contributed by atoms with Gasteiger partial charge >= 0.3 is 0 Å². The van der Waals surface area contributed by atoms with Gasteiger partial charge < -0.3 is 4.74 Å². The largest absolute Gasteiger partial charge is 0.377 e. The van der Waals surface area contributed by atoms with Crippen molar-refractivity contribution in [3.05, 3.63) is 34.9 Å². The Hall–Kier alpha value is -0.610. The normalized spacial score (nSPS) is 18.6. The molecule has 0 bridgehead atoms. The number of benzene rings is 1. The van der Waals surface area contributed by atoms with Gasteiger partial charge in [-0.1, -0.05) is 29.8 Å². The van der Waals surface area contributed by atoms with Crippen LogP contribution < -0.4 is 11.3 Å². The van der Waals surface area contributed by atoms with Crippen LogP contribution in [-0.2, 0) is 11.2 Å². The van der Waals surface area contributed by atoms with Crippen molar-refractivity contribution >= 4 is 11.6 Å². The zero-order valence-corrected chi connectivity index (χ0v) is 11.5. The third kappa shape index (κ3) is 3.45. The van der Waals surface area contributed by atoms with Gasteiger partial charge in [0.05, 0.1) is 12.1 Å². The number of halogens is 1. The highest BCUT2D eigenvalue weighted by molar-refractivity contribution is 6.31. The Labute approximate surface area is 114 Å². The van der Waals surface area contributed by atoms with Crippen LogP contribution in [0.4, 0.5) is 0 Å². The smallest absolute Gasteiger partial charge is 0.0772 e. The van der Waals surface area contributed by atoms with Crippen molar-refractivity contribution in [2.24, 2.45) is 11.8 Å². The van der Waals surface area contributed by atoms with E-state index < -0.39 is 0 Å². The van der Waals surface area contributed by atoms with E-state index in [0.717, 1.165) is 23.6 Å². The second-order valence-electron chi connectivity index (χ2n) is 4.83. The molecule has 0 heterocycles. The fraction of sp³-hybridized carbons (Fsp3) is 0.571. The monoisotopic (exact) mass is 268 g/mol. The lowest BCUT2D eigenvalue weighted by Gasteiger charge is -2.26. The van der Waals surface area contributed by atoms with E-state index in [-0.39, 0.29) is 12.1 Å². The van der Waals surface area contributed by atoms with Crippen LogP contribution in [-0.4, -0.2) is 18.8 Å². The Morgan fingerprint density at radius 3 is 2.72 bits per heavy atom. The van der Waals surface area contributed by atoms with Gasteiger partial charge in [0.25, 0.3) is 0 Å². The lowest BCUT2D eigenvalue weighted by Crippen LogP contribution is -2.47. The molecular formula is C14H21ClN2O. The van der Waals surface area contributed by atoms with Gasteiger partial charge in [-0.05, 0) is 43.7 Å². The van der Waals surface area contributed by atoms with Crippen LogP contribution in [0.15, 0.2) is 24.3 Å². The summed E-state index contributed by atoms with van der Waals surface area (Å²) >= 11 is 6.19. The zero-order valence-electron chi connectivity index (χ0n) is 10.7. The third-order valence-corrected chi connectivity index (χ3v) is 3.82. The van der Waals surface area contributed by atoms with E-state index >= 15 is 0 Å². The lowest BCUT2D eigenvalue weighted by molar-refractivity contribution is 0.0192. The van der Waals surface area contributed by atoms with Crippen molar-refractivity contribution in [2.45, 2.75) is 38.3 Å². The van der Waals surface area contributed by atoms with Crippen molar-refractivity contribution in [1.82, 2.24) is 5.43 Å². The molecule has 1 fully saturated rings. The average Bonchev–Trinajstić information content (AvgIpc) is 3.20. The molecule has 0 radical (unpaired) electrons. The van der Waals surface area contributed by atoms with Gasteiger partial charge in [-0.25, -0.2) is 0 Å². The van der Waals surface area contributed by atoms with Crippen LogP contribution >= 0.6 is 11.6 Å². The van der Waals surface area contributed by atoms with E-state index in [4.69, 9.17) is 22.2 Å². The van der Waals surface area contributed by atoms with Gasteiger partial charge in [-0.15, -0.1) is 0 Å². The van der Waals surface area contributed by atoms with Crippen molar-refractivity contribution in [2.75, 3.05) is 6.61 Å². The van der Waals surface area contributed by atoms with E-state index in [9.17, 15) is 0 Å². The first-order valence-electron chi connectivity index (χ1n) is 6.57. The van der Waals surface area contributed by atoms with Crippen molar-refractivity contribution in [3.8, 4) is 0 Å². The molecule has 0 aliphatic heterocycles. The molecule has 0 aromatic heterocycles. The second-order valence-corrected chi connectivity index (χ2v) is 5.23. The van der Waals surface area contributed by atoms with Gasteiger partial charge in [0.1, 0.15) is 0 Å². The minimum Gasteiger partial charge on any atom is -0.377 e. The molecule has 0 saturated heterocycles. The molecule has 100 valence electrons. The van der Waals surface area contributed by atoms with Crippen LogP contribution in [0, 0.1) is 5.92 Å². The Bertz CT molecular complexity index is 382. The predicted octanol–water partition coefficient (Wildman–Crippen LogP) is 2.53. The molecule has 1 aromatic carbocycles. The third-order valence-electron chi connectivity index (χ3n) is 3.45. The molecule has 1 saturated carbocycles. The maximum Gasteiger partial charge on any atom is 0.0772 e. The Morgan fingerprint density at radius 2 is 2.17 bits per heavy atom. The van der Waals surface area contributed by atoms with E-state index in [1.54, 1.807) is 0 Å². The second kappa shape index (κ2) is 6.53. The highest BCUT2D eigenvalue weighted by Crippen LogP contribution is 2.36. The topological polar surface area (TPSA) is 47.3 Å². The van der Waals surface area contributed by atoms with E-state index in [1.165, 1.54) is 12.8 Å². The summed E-state index contributed by atoms with van der Waals surface area (Å²) in [5, 5.41) is 0.795. The molecule has 1 aliphatic carbocycles. The molecule has 18 heavy (non-hydrogen) atoms. The summed E-state index contributed by atoms with van der Waals surface area (Å²) in [7, 11) is 0. The molecule has 2 atom stereocenters. The van der Waals surface area contributed by atoms with Crippen molar-refractivity contribution < 1.29 is 4.74 Å². The first-order valence-corrected chi connectivity index (χ1v) is 6.95. The van der Waals surface area contributed by atoms with Crippen LogP contribution in [0.5, 0.6) is 0 Å². The molecule has 3 nitrogen and oxygen atoms in total. The number of ether oxygens (including phenoxy) is 1. The highest BCUT2D eigenvalue weighted by Gasteiger charge is 2.37. The van der Waals surface area contributed by atoms with Crippen LogP contribution in [0.1, 0.15) is 25.3 Å². The summed E-state index contributed by atoms with van der Waals surface area (Å²) in [6.45, 7) is 2.75. The van der Waals surface area contributed by atoms with Crippen LogP contribution in [0.25, 0.3) is 0 Å². The van der Waals surface area contributed by atoms with Gasteiger partial charge in [0.2, 0.25) is 0 Å². The molecular weight excluding hydrogens is 248 g/mol. The first-order chi connectivity index (χ1) is 8.76. The minimum atomic E-state index is 0.123. The summed E-state index contributed by atoms with van der Waals surface area (Å²) in [5.74, 6) is 6.34. The van der Waals surface area contributed by atoms with E-state index in [1.807, 2.05) is 31.2 Å². The van der Waals surface area contributed by atoms with Crippen LogP contribution in [0.3, 0.4) is 0 Å². The predicted molar refractivity (Wildman–Crippen MR) is 74.4 cm³/mol. The van der Waals surface area contributed by atoms with Crippen LogP contribution in [0.2, 0.25) is 5.02 Å². The minimum absolute atomic E-state index is 0.123. The first kappa shape index (κ1) is 13.8. The molecule has 0 amide bonds. The highest BCUT2D eigenvalue weighted by atomic mass is 35.5. The van der Waals surface area contributed by atoms with Crippen molar-refractivity contribution in [1.29, 1.82) is 0 Å². The molecule has 1 aliphatic rings. The zero-order chi connectivity index (χ0) is 13.0. The SMILES string of the molecule is CCOC(C1CC1)C(Cc1ccccc1Cl)NN. The number of hydrogen-bond acceptors (Lipinski definition) is 3. The molecule has 2 unspecified atom stereocenters. The number of rotatable bonds is 7. The summed E-state index contributed by atoms with van der Waals surface area (Å²) in [5.41, 5.74) is 4.02. The number of nitrogens with one attached hydrogen (secondary N) is 1. The molecule has 3 N–H and O–H groups in total. The Morgan fingerprint density at radius 1 is 1.44 bits per heavy atom. The molecule has 4 heteroatoms. The number of nitrogens with two attached hydrogens (primary N) is 1. The van der Waals surface area contributed by atoms with E-state index in [2.05, 4.69) is 5.43 Å². The summed E-state index contributed by atoms with van der Waals surface area (Å²) < 4.78 is 5.85. The summed E-state index contributed by atoms with van der Waals surface area (Å²) in [6.07, 6.45) is 3.48. The van der Waals surface area contributed by atoms with Gasteiger partial charge in [0, 0.05) is 11.6 Å². The molecule has 1 aromatic rings. The van der Waals surface area contributed by atoms with Gasteiger partial charge in [0.15, 0.2) is 0 Å². The average molecular weight is 269 g/mol. The maximum absolute atomic E-state index is 6.19. The Kier molecular flexibility index (Phi) is 5.01. The summed E-state index contributed by atoms with van der Waals surface area (Å²) in [6, 6.07) is 8.02.